The van der Waals surface area contributed by atoms with E-state index < -0.39 is 29.6 Å². The predicted octanol–water partition coefficient (Wildman–Crippen LogP) is 6.13. The number of carbonyl (C=O) groups excluding carboxylic acids is 4. The molecule has 1 heterocycles. The van der Waals surface area contributed by atoms with Gasteiger partial charge in [0, 0.05) is 5.69 Å². The van der Waals surface area contributed by atoms with Crippen molar-refractivity contribution < 1.29 is 23.9 Å². The summed E-state index contributed by atoms with van der Waals surface area (Å²) in [7, 11) is 0. The Hall–Kier alpha value is -3.62. The number of nitrogens with one attached hydrogen (secondary N) is 1. The number of hydrogen-bond acceptors (Lipinski definition) is 6. The number of esters is 1. The Bertz CT molecular complexity index is 1380. The van der Waals surface area contributed by atoms with Crippen molar-refractivity contribution in [2.24, 2.45) is 0 Å². The van der Waals surface area contributed by atoms with E-state index in [0.29, 0.717) is 5.69 Å². The Morgan fingerprint density at radius 2 is 1.86 bits per heavy atom. The van der Waals surface area contributed by atoms with Crippen LogP contribution >= 0.6 is 23.4 Å². The molecule has 1 aliphatic heterocycles. The van der Waals surface area contributed by atoms with Gasteiger partial charge < -0.3 is 10.1 Å². The van der Waals surface area contributed by atoms with Crippen molar-refractivity contribution in [1.29, 1.82) is 0 Å². The molecule has 4 rings (SSSR count). The second kappa shape index (κ2) is 11.4. The van der Waals surface area contributed by atoms with Crippen LogP contribution in [-0.4, -0.2) is 41.1 Å². The second-order valence-corrected chi connectivity index (χ2v) is 9.47. The molecule has 0 bridgehead atoms. The molecule has 3 amide bonds. The largest absolute Gasteiger partial charge is 0.462 e. The number of thioether (sulfide) groups is 1. The number of anilines is 1. The van der Waals surface area contributed by atoms with Crippen molar-refractivity contribution in [3.05, 3.63) is 81.7 Å². The Morgan fingerprint density at radius 3 is 2.67 bits per heavy atom. The van der Waals surface area contributed by atoms with Crippen molar-refractivity contribution in [3.8, 4) is 0 Å². The molecule has 0 radical (unpaired) electrons. The van der Waals surface area contributed by atoms with Crippen molar-refractivity contribution in [2.75, 3.05) is 18.5 Å². The standard InChI is InChI=1S/C27H23ClN2O5S/c1-2-3-13-35-26(33)21-15-19(11-12-22(21)28)29-24(31)16-30-25(32)23(36-27(30)34)14-18-9-6-8-17-7-4-5-10-20(17)18/h4-12,14-15H,2-3,13,16H2,1H3,(H,29,31)/b23-14+. The van der Waals surface area contributed by atoms with Crippen molar-refractivity contribution in [1.82, 2.24) is 4.90 Å². The van der Waals surface area contributed by atoms with E-state index in [1.807, 2.05) is 49.4 Å². The van der Waals surface area contributed by atoms with Crippen LogP contribution in [0.25, 0.3) is 16.8 Å². The minimum Gasteiger partial charge on any atom is -0.462 e. The molecule has 0 spiro atoms. The highest BCUT2D eigenvalue weighted by Crippen LogP contribution is 2.33. The quantitative estimate of drug-likeness (QED) is 0.217. The summed E-state index contributed by atoms with van der Waals surface area (Å²) in [5, 5.41) is 4.24. The molecule has 0 aromatic heterocycles. The van der Waals surface area contributed by atoms with Crippen LogP contribution in [0.1, 0.15) is 35.7 Å². The monoisotopic (exact) mass is 522 g/mol. The zero-order valence-electron chi connectivity index (χ0n) is 19.5. The SMILES string of the molecule is CCCCOC(=O)c1cc(NC(=O)CN2C(=O)S/C(=C/c3cccc4ccccc34)C2=O)ccc1Cl. The third-order valence-electron chi connectivity index (χ3n) is 5.49. The first kappa shape index (κ1) is 25.5. The maximum atomic E-state index is 12.9. The minimum absolute atomic E-state index is 0.120. The number of carbonyl (C=O) groups is 4. The Morgan fingerprint density at radius 1 is 1.08 bits per heavy atom. The smallest absolute Gasteiger partial charge is 0.339 e. The molecule has 0 aliphatic carbocycles. The predicted molar refractivity (Wildman–Crippen MR) is 142 cm³/mol. The molecule has 184 valence electrons. The number of halogens is 1. The summed E-state index contributed by atoms with van der Waals surface area (Å²) in [6.45, 7) is 1.79. The van der Waals surface area contributed by atoms with Crippen LogP contribution in [0.15, 0.2) is 65.6 Å². The lowest BCUT2D eigenvalue weighted by molar-refractivity contribution is -0.127. The molecule has 0 atom stereocenters. The molecule has 7 nitrogen and oxygen atoms in total. The molecule has 1 saturated heterocycles. The molecule has 3 aromatic rings. The number of fused-ring (bicyclic) bond motifs is 1. The Kier molecular flexibility index (Phi) is 8.07. The van der Waals surface area contributed by atoms with Gasteiger partial charge in [0.05, 0.1) is 22.1 Å². The van der Waals surface area contributed by atoms with Crippen molar-refractivity contribution >= 4 is 68.9 Å². The van der Waals surface area contributed by atoms with E-state index in [1.54, 1.807) is 6.08 Å². The maximum absolute atomic E-state index is 12.9. The van der Waals surface area contributed by atoms with Gasteiger partial charge in [-0.3, -0.25) is 19.3 Å². The van der Waals surface area contributed by atoms with Gasteiger partial charge in [-0.2, -0.15) is 0 Å². The first-order valence-corrected chi connectivity index (χ1v) is 12.6. The Balaban J connectivity index is 1.45. The average molecular weight is 523 g/mol. The van der Waals surface area contributed by atoms with Gasteiger partial charge >= 0.3 is 5.97 Å². The molecule has 1 N–H and O–H groups in total. The van der Waals surface area contributed by atoms with Crippen LogP contribution in [-0.2, 0) is 14.3 Å². The summed E-state index contributed by atoms with van der Waals surface area (Å²) in [5.41, 5.74) is 1.22. The third kappa shape index (κ3) is 5.78. The van der Waals surface area contributed by atoms with Crippen LogP contribution in [0.5, 0.6) is 0 Å². The van der Waals surface area contributed by atoms with Crippen LogP contribution < -0.4 is 5.32 Å². The fourth-order valence-corrected chi connectivity index (χ4v) is 4.67. The van der Waals surface area contributed by atoms with Crippen molar-refractivity contribution in [2.45, 2.75) is 19.8 Å². The fourth-order valence-electron chi connectivity index (χ4n) is 3.64. The number of rotatable bonds is 8. The first-order chi connectivity index (χ1) is 17.4. The van der Waals surface area contributed by atoms with Crippen LogP contribution in [0.3, 0.4) is 0 Å². The highest BCUT2D eigenvalue weighted by molar-refractivity contribution is 8.18. The van der Waals surface area contributed by atoms with Crippen molar-refractivity contribution in [3.63, 3.8) is 0 Å². The van der Waals surface area contributed by atoms with E-state index >= 15 is 0 Å². The second-order valence-electron chi connectivity index (χ2n) is 8.07. The minimum atomic E-state index is -0.589. The van der Waals surface area contributed by atoms with Gasteiger partial charge in [0.25, 0.3) is 11.1 Å². The van der Waals surface area contributed by atoms with Gasteiger partial charge in [0.15, 0.2) is 0 Å². The normalized spacial score (nSPS) is 14.5. The van der Waals surface area contributed by atoms with E-state index in [2.05, 4.69) is 5.32 Å². The first-order valence-electron chi connectivity index (χ1n) is 11.4. The number of benzene rings is 3. The maximum Gasteiger partial charge on any atom is 0.339 e. The summed E-state index contributed by atoms with van der Waals surface area (Å²) >= 11 is 6.91. The molecular formula is C27H23ClN2O5S. The summed E-state index contributed by atoms with van der Waals surface area (Å²) in [4.78, 5) is 51.5. The molecule has 0 unspecified atom stereocenters. The fraction of sp³-hybridized carbons (Fsp3) is 0.185. The summed E-state index contributed by atoms with van der Waals surface area (Å²) in [5.74, 6) is -1.71. The summed E-state index contributed by atoms with van der Waals surface area (Å²) < 4.78 is 5.19. The number of imide groups is 1. The molecule has 9 heteroatoms. The lowest BCUT2D eigenvalue weighted by Crippen LogP contribution is -2.36. The zero-order chi connectivity index (χ0) is 25.7. The molecular weight excluding hydrogens is 500 g/mol. The highest BCUT2D eigenvalue weighted by atomic mass is 35.5. The molecule has 36 heavy (non-hydrogen) atoms. The third-order valence-corrected chi connectivity index (χ3v) is 6.72. The summed E-state index contributed by atoms with van der Waals surface area (Å²) in [6.07, 6.45) is 3.27. The lowest BCUT2D eigenvalue weighted by Gasteiger charge is -2.13. The molecule has 3 aromatic carbocycles. The lowest BCUT2D eigenvalue weighted by atomic mass is 10.0. The zero-order valence-corrected chi connectivity index (χ0v) is 21.0. The van der Waals surface area contributed by atoms with E-state index in [0.717, 1.165) is 45.8 Å². The average Bonchev–Trinajstić information content (AvgIpc) is 3.12. The van der Waals surface area contributed by atoms with Gasteiger partial charge in [-0.1, -0.05) is 67.4 Å². The number of nitrogens with zero attached hydrogens (tertiary/aromatic N) is 1. The number of unbranched alkanes of at least 4 members (excludes halogenated alkanes) is 1. The van der Waals surface area contributed by atoms with Gasteiger partial charge in [-0.05, 0) is 58.8 Å². The van der Waals surface area contributed by atoms with Crippen LogP contribution in [0, 0.1) is 0 Å². The van der Waals surface area contributed by atoms with E-state index in [9.17, 15) is 19.2 Å². The number of amides is 3. The van der Waals surface area contributed by atoms with Gasteiger partial charge in [0.1, 0.15) is 6.54 Å². The van der Waals surface area contributed by atoms with E-state index in [-0.39, 0.29) is 22.1 Å². The number of hydrogen-bond donors (Lipinski definition) is 1. The van der Waals surface area contributed by atoms with E-state index in [4.69, 9.17) is 16.3 Å². The van der Waals surface area contributed by atoms with Gasteiger partial charge in [-0.15, -0.1) is 0 Å². The molecule has 1 aliphatic rings. The highest BCUT2D eigenvalue weighted by Gasteiger charge is 2.36. The topological polar surface area (TPSA) is 92.8 Å². The van der Waals surface area contributed by atoms with Gasteiger partial charge in [-0.25, -0.2) is 4.79 Å². The van der Waals surface area contributed by atoms with Gasteiger partial charge in [0.2, 0.25) is 5.91 Å². The number of ether oxygens (including phenoxy) is 1. The van der Waals surface area contributed by atoms with E-state index in [1.165, 1.54) is 18.2 Å². The molecule has 1 fully saturated rings. The van der Waals surface area contributed by atoms with Crippen LogP contribution in [0.4, 0.5) is 10.5 Å². The molecule has 0 saturated carbocycles. The van der Waals surface area contributed by atoms with Crippen LogP contribution in [0.2, 0.25) is 5.02 Å². The summed E-state index contributed by atoms with van der Waals surface area (Å²) in [6, 6.07) is 17.9. The Labute approximate surface area is 217 Å².